The summed E-state index contributed by atoms with van der Waals surface area (Å²) in [6.45, 7) is 5.25. The van der Waals surface area contributed by atoms with Crippen molar-refractivity contribution in [3.8, 4) is 5.75 Å². The summed E-state index contributed by atoms with van der Waals surface area (Å²) in [6.07, 6.45) is 3.54. The van der Waals surface area contributed by atoms with Crippen LogP contribution in [-0.4, -0.2) is 35.7 Å². The van der Waals surface area contributed by atoms with E-state index in [1.807, 2.05) is 19.1 Å². The zero-order chi connectivity index (χ0) is 23.5. The van der Waals surface area contributed by atoms with Gasteiger partial charge < -0.3 is 19.9 Å². The van der Waals surface area contributed by atoms with Crippen molar-refractivity contribution in [2.45, 2.75) is 6.92 Å². The third-order valence-electron chi connectivity index (χ3n) is 4.73. The third-order valence-corrected chi connectivity index (χ3v) is 6.69. The number of nitrogens with two attached hydrogens (primary N) is 1. The van der Waals surface area contributed by atoms with Crippen LogP contribution in [0.3, 0.4) is 0 Å². The average Bonchev–Trinajstić information content (AvgIpc) is 2.73. The average molecular weight is 569 g/mol. The first kappa shape index (κ1) is 24.3. The van der Waals surface area contributed by atoms with Gasteiger partial charge >= 0.3 is 0 Å². The van der Waals surface area contributed by atoms with Gasteiger partial charge in [0, 0.05) is 15.8 Å². The second kappa shape index (κ2) is 10.1. The molecule has 1 aliphatic rings. The minimum atomic E-state index is -2.43. The monoisotopic (exact) mass is 569 g/mol. The Morgan fingerprint density at radius 1 is 1.22 bits per heavy atom. The molecule has 170 valence electrons. The number of halogens is 2. The van der Waals surface area contributed by atoms with Crippen LogP contribution in [-0.2, 0) is 4.57 Å². The van der Waals surface area contributed by atoms with Gasteiger partial charge in [-0.05, 0) is 62.2 Å². The first-order valence-corrected chi connectivity index (χ1v) is 13.9. The lowest BCUT2D eigenvalue weighted by atomic mass is 10.2. The van der Waals surface area contributed by atoms with Crippen molar-refractivity contribution in [3.05, 3.63) is 71.6 Å². The number of hydrogen-bond acceptors (Lipinski definition) is 7. The molecular weight excluding hydrogens is 543 g/mol. The molecule has 32 heavy (non-hydrogen) atoms. The van der Waals surface area contributed by atoms with E-state index in [1.54, 1.807) is 50.8 Å². The molecule has 0 radical (unpaired) electrons. The van der Waals surface area contributed by atoms with Crippen LogP contribution in [0, 0.1) is 12.7 Å². The van der Waals surface area contributed by atoms with Gasteiger partial charge in [0.15, 0.2) is 0 Å². The van der Waals surface area contributed by atoms with E-state index in [4.69, 9.17) is 10.6 Å². The maximum absolute atomic E-state index is 14.4. The number of allylic oxidation sites excluding steroid dienone is 1. The van der Waals surface area contributed by atoms with Gasteiger partial charge in [-0.15, -0.1) is 0 Å². The Balaban J connectivity index is 1.96. The van der Waals surface area contributed by atoms with Gasteiger partial charge in [0.1, 0.15) is 36.2 Å². The zero-order valence-corrected chi connectivity index (χ0v) is 21.4. The minimum Gasteiger partial charge on any atom is -0.495 e. The highest BCUT2D eigenvalue weighted by molar-refractivity contribution is 14.1. The Labute approximate surface area is 201 Å². The summed E-state index contributed by atoms with van der Waals surface area (Å²) >= 11 is 2.20. The number of methoxy groups -OCH3 is 1. The predicted molar refractivity (Wildman–Crippen MR) is 139 cm³/mol. The van der Waals surface area contributed by atoms with Gasteiger partial charge in [0.05, 0.1) is 18.5 Å². The lowest BCUT2D eigenvalue weighted by molar-refractivity contribution is 0.417. The maximum atomic E-state index is 14.4. The van der Waals surface area contributed by atoms with E-state index in [0.717, 1.165) is 10.9 Å². The summed E-state index contributed by atoms with van der Waals surface area (Å²) < 4.78 is 33.0. The Bertz CT molecular complexity index is 1160. The Morgan fingerprint density at radius 3 is 2.56 bits per heavy atom. The van der Waals surface area contributed by atoms with Crippen molar-refractivity contribution >= 4 is 52.2 Å². The molecule has 0 bridgehead atoms. The van der Waals surface area contributed by atoms with E-state index in [1.165, 1.54) is 11.1 Å². The molecule has 0 atom stereocenters. The van der Waals surface area contributed by atoms with Crippen molar-refractivity contribution < 1.29 is 13.7 Å². The third kappa shape index (κ3) is 5.70. The topological polar surface area (TPSA) is 92.0 Å². The summed E-state index contributed by atoms with van der Waals surface area (Å²) in [5, 5.41) is 8.36. The molecule has 0 saturated heterocycles. The summed E-state index contributed by atoms with van der Waals surface area (Å²) in [4.78, 5) is 4.57. The number of anilines is 2. The van der Waals surface area contributed by atoms with Gasteiger partial charge in [-0.2, -0.15) is 0 Å². The van der Waals surface area contributed by atoms with Gasteiger partial charge in [-0.1, -0.05) is 28.7 Å². The van der Waals surface area contributed by atoms with E-state index in [2.05, 4.69) is 38.2 Å². The van der Waals surface area contributed by atoms with Crippen LogP contribution in [0.5, 0.6) is 5.75 Å². The lowest BCUT2D eigenvalue weighted by Gasteiger charge is -2.28. The minimum absolute atomic E-state index is 0.302. The number of nitrogens with one attached hydrogen (secondary N) is 2. The standard InChI is InChI=1S/C22H26FIN5O2P/c1-14-5-7-17(16(23)11-14)27-22-13-20(28-21(9-10-24)29(22)25)26-18-8-6-15(32(3,4)30)12-19(18)31-2/h5-9,11-13,27H,10,25H2,1-4H3,(H,26,28)/b21-9-. The number of ether oxygens (including phenoxy) is 1. The Morgan fingerprint density at radius 2 is 1.94 bits per heavy atom. The highest BCUT2D eigenvalue weighted by atomic mass is 127. The Kier molecular flexibility index (Phi) is 7.63. The molecule has 2 aromatic rings. The van der Waals surface area contributed by atoms with E-state index >= 15 is 0 Å². The molecule has 4 N–H and O–H groups in total. The normalized spacial score (nSPS) is 15.3. The SMILES string of the molecule is COc1cc(P(C)(C)=O)ccc1NC1=N/C(=C/CI)N(N)C(Nc2ccc(C)cc2F)=C1. The van der Waals surface area contributed by atoms with Crippen molar-refractivity contribution in [1.82, 2.24) is 5.01 Å². The summed E-state index contributed by atoms with van der Waals surface area (Å²) in [5.74, 6) is 7.83. The molecule has 0 saturated carbocycles. The first-order valence-electron chi connectivity index (χ1n) is 9.77. The van der Waals surface area contributed by atoms with Gasteiger partial charge in [0.25, 0.3) is 0 Å². The number of aryl methyl sites for hydroxylation is 1. The molecule has 0 unspecified atom stereocenters. The van der Waals surface area contributed by atoms with Crippen LogP contribution >= 0.6 is 29.7 Å². The van der Waals surface area contributed by atoms with Crippen LogP contribution in [0.4, 0.5) is 15.8 Å². The molecule has 0 aromatic heterocycles. The van der Waals surface area contributed by atoms with E-state index in [0.29, 0.717) is 39.0 Å². The van der Waals surface area contributed by atoms with E-state index < -0.39 is 7.14 Å². The summed E-state index contributed by atoms with van der Waals surface area (Å²) in [7, 11) is -0.883. The van der Waals surface area contributed by atoms with Gasteiger partial charge in [0.2, 0.25) is 0 Å². The van der Waals surface area contributed by atoms with Crippen LogP contribution in [0.2, 0.25) is 0 Å². The predicted octanol–water partition coefficient (Wildman–Crippen LogP) is 4.62. The van der Waals surface area contributed by atoms with Crippen molar-refractivity contribution in [2.75, 3.05) is 35.5 Å². The van der Waals surface area contributed by atoms with Crippen LogP contribution < -0.4 is 26.5 Å². The smallest absolute Gasteiger partial charge is 0.147 e. The molecule has 7 nitrogen and oxygen atoms in total. The van der Waals surface area contributed by atoms with Gasteiger partial charge in [-0.25, -0.2) is 20.2 Å². The molecule has 1 heterocycles. The van der Waals surface area contributed by atoms with Crippen LogP contribution in [0.1, 0.15) is 5.56 Å². The lowest BCUT2D eigenvalue weighted by Crippen LogP contribution is -2.37. The molecule has 0 spiro atoms. The fraction of sp³-hybridized carbons (Fsp3) is 0.227. The fourth-order valence-corrected chi connectivity index (χ4v) is 4.28. The number of alkyl halides is 1. The Hall–Kier alpha value is -2.36. The van der Waals surface area contributed by atoms with Crippen molar-refractivity contribution in [1.29, 1.82) is 0 Å². The highest BCUT2D eigenvalue weighted by Crippen LogP contribution is 2.37. The summed E-state index contributed by atoms with van der Waals surface area (Å²) in [5.41, 5.74) is 1.78. The van der Waals surface area contributed by atoms with Gasteiger partial charge in [-0.3, -0.25) is 0 Å². The number of benzene rings is 2. The molecule has 0 aliphatic carbocycles. The van der Waals surface area contributed by atoms with E-state index in [-0.39, 0.29) is 5.82 Å². The molecule has 1 aliphatic heterocycles. The molecule has 10 heteroatoms. The maximum Gasteiger partial charge on any atom is 0.147 e. The first-order chi connectivity index (χ1) is 15.1. The fourth-order valence-electron chi connectivity index (χ4n) is 3.02. The number of amidine groups is 1. The quantitative estimate of drug-likeness (QED) is 0.204. The largest absolute Gasteiger partial charge is 0.495 e. The molecule has 0 fully saturated rings. The molecular formula is C22H26FIN5O2P. The zero-order valence-electron chi connectivity index (χ0n) is 18.3. The second-order valence-corrected chi connectivity index (χ2v) is 11.7. The highest BCUT2D eigenvalue weighted by Gasteiger charge is 2.20. The van der Waals surface area contributed by atoms with Crippen molar-refractivity contribution in [3.63, 3.8) is 0 Å². The second-order valence-electron chi connectivity index (χ2n) is 7.58. The van der Waals surface area contributed by atoms with Crippen LogP contribution in [0.15, 0.2) is 65.2 Å². The number of nitrogens with zero attached hydrogens (tertiary/aromatic N) is 2. The molecule has 3 rings (SSSR count). The summed E-state index contributed by atoms with van der Waals surface area (Å²) in [6, 6.07) is 10.3. The van der Waals surface area contributed by atoms with E-state index in [9.17, 15) is 8.96 Å². The molecule has 2 aromatic carbocycles. The number of hydrazine groups is 1. The number of aliphatic imine (C=N–C) groups is 1. The molecule has 0 amide bonds. The number of hydrogen-bond donors (Lipinski definition) is 3. The van der Waals surface area contributed by atoms with Crippen molar-refractivity contribution in [2.24, 2.45) is 10.8 Å². The number of rotatable bonds is 6. The van der Waals surface area contributed by atoms with Crippen LogP contribution in [0.25, 0.3) is 0 Å².